The van der Waals surface area contributed by atoms with Gasteiger partial charge in [0, 0.05) is 63.1 Å². The largest absolute Gasteiger partial charge is 0.488 e. The Morgan fingerprint density at radius 2 is 1.23 bits per heavy atom. The van der Waals surface area contributed by atoms with Crippen LogP contribution in [-0.4, -0.2) is 27.2 Å². The third kappa shape index (κ3) is 10.9. The molecule has 1 aromatic heterocycles. The zero-order valence-electron chi connectivity index (χ0n) is 30.8. The molecule has 13 heteroatoms. The van der Waals surface area contributed by atoms with E-state index in [1.54, 1.807) is 43.3 Å². The molecule has 0 saturated carbocycles. The number of carboxylic acid groups (broad SMARTS) is 1. The number of ether oxygens (including phenoxy) is 2. The quantitative estimate of drug-likeness (QED) is 0.0921. The molecule has 0 aliphatic rings. The lowest BCUT2D eigenvalue weighted by atomic mass is 10.0. The summed E-state index contributed by atoms with van der Waals surface area (Å²) in [6, 6.07) is 25.1. The SMILES string of the molecule is CC(=O)CCC(=O)c1cc(Cl)ccc1OCc1ccc(F)cc1F.Cc1ccc(-n2c(C)ccc2-c2cc(Cl)ccc2OCc2ccc(F)cc2F)cc1C(=O)O. The van der Waals surface area contributed by atoms with Crippen LogP contribution in [0.25, 0.3) is 16.9 Å². The number of halogens is 6. The van der Waals surface area contributed by atoms with Gasteiger partial charge in [0.05, 0.1) is 16.8 Å². The Labute approximate surface area is 336 Å². The number of ketones is 2. The molecule has 6 rings (SSSR count). The molecule has 1 heterocycles. The number of carbonyl (C=O) groups is 3. The molecule has 0 spiro atoms. The number of aromatic nitrogens is 1. The summed E-state index contributed by atoms with van der Waals surface area (Å²) in [7, 11) is 0. The van der Waals surface area contributed by atoms with Gasteiger partial charge in [-0.05, 0) is 111 Å². The normalized spacial score (nSPS) is 10.8. The van der Waals surface area contributed by atoms with Gasteiger partial charge in [0.2, 0.25) is 0 Å². The second kappa shape index (κ2) is 18.8. The van der Waals surface area contributed by atoms with Crippen LogP contribution >= 0.6 is 23.2 Å². The second-order valence-corrected chi connectivity index (χ2v) is 13.8. The summed E-state index contributed by atoms with van der Waals surface area (Å²) in [5.41, 5.74) is 4.40. The van der Waals surface area contributed by atoms with Crippen molar-refractivity contribution in [2.24, 2.45) is 0 Å². The van der Waals surface area contributed by atoms with E-state index in [9.17, 15) is 37.1 Å². The third-order valence-electron chi connectivity index (χ3n) is 8.75. The van der Waals surface area contributed by atoms with Crippen molar-refractivity contribution >= 4 is 40.7 Å². The van der Waals surface area contributed by atoms with Gasteiger partial charge in [0.25, 0.3) is 0 Å². The highest BCUT2D eigenvalue weighted by molar-refractivity contribution is 6.31. The third-order valence-corrected chi connectivity index (χ3v) is 9.22. The van der Waals surface area contributed by atoms with Gasteiger partial charge in [-0.25, -0.2) is 22.4 Å². The molecule has 0 fully saturated rings. The Kier molecular flexibility index (Phi) is 13.9. The fraction of sp³-hybridized carbons (Fsp3) is 0.159. The molecule has 0 bridgehead atoms. The zero-order chi connectivity index (χ0) is 41.4. The van der Waals surface area contributed by atoms with Crippen molar-refractivity contribution in [3.05, 3.63) is 170 Å². The average molecular weight is 821 g/mol. The molecule has 1 N–H and O–H groups in total. The molecule has 6 aromatic rings. The standard InChI is InChI=1S/C26H20ClF2NO3.C18H15ClF2O3/c1-15-3-8-20(13-21(15)26(31)32)30-16(2)4-9-24(30)22-11-18(27)6-10-25(22)33-14-17-5-7-19(28)12-23(17)29;1-11(22)2-6-17(23)15-8-13(19)4-7-18(15)24-10-12-3-5-14(20)9-16(12)21/h3-13H,14H2,1-2H3,(H,31,32);3-5,7-9H,2,6,10H2,1H3. The topological polar surface area (TPSA) is 94.8 Å². The maximum absolute atomic E-state index is 14.1. The number of benzene rings is 5. The number of Topliss-reactive ketones (excluding diaryl/α,β-unsaturated/α-hetero) is 2. The van der Waals surface area contributed by atoms with Gasteiger partial charge >= 0.3 is 5.97 Å². The molecule has 0 aliphatic heterocycles. The highest BCUT2D eigenvalue weighted by atomic mass is 35.5. The molecular formula is C44H35Cl2F4NO6. The smallest absolute Gasteiger partial charge is 0.336 e. The van der Waals surface area contributed by atoms with E-state index < -0.39 is 29.2 Å². The van der Waals surface area contributed by atoms with Crippen LogP contribution in [0.15, 0.2) is 103 Å². The van der Waals surface area contributed by atoms with Crippen LogP contribution < -0.4 is 9.47 Å². The number of carbonyl (C=O) groups excluding carboxylic acids is 2. The van der Waals surface area contributed by atoms with E-state index in [0.29, 0.717) is 32.6 Å². The molecule has 0 atom stereocenters. The van der Waals surface area contributed by atoms with Gasteiger partial charge in [-0.15, -0.1) is 0 Å². The Morgan fingerprint density at radius 1 is 0.649 bits per heavy atom. The number of carboxylic acids is 1. The average Bonchev–Trinajstić information content (AvgIpc) is 3.55. The molecule has 294 valence electrons. The van der Waals surface area contributed by atoms with Crippen LogP contribution in [0.1, 0.15) is 62.9 Å². The lowest BCUT2D eigenvalue weighted by Crippen LogP contribution is -2.07. The van der Waals surface area contributed by atoms with Crippen molar-refractivity contribution in [3.63, 3.8) is 0 Å². The highest BCUT2D eigenvalue weighted by Gasteiger charge is 2.18. The minimum Gasteiger partial charge on any atom is -0.488 e. The van der Waals surface area contributed by atoms with Crippen LogP contribution in [0.2, 0.25) is 10.0 Å². The number of hydrogen-bond acceptors (Lipinski definition) is 5. The van der Waals surface area contributed by atoms with Crippen molar-refractivity contribution in [2.45, 2.75) is 46.8 Å². The fourth-order valence-corrected chi connectivity index (χ4v) is 6.10. The van der Waals surface area contributed by atoms with E-state index in [2.05, 4.69) is 0 Å². The van der Waals surface area contributed by atoms with Gasteiger partial charge in [0.1, 0.15) is 53.8 Å². The lowest BCUT2D eigenvalue weighted by molar-refractivity contribution is -0.117. The Morgan fingerprint density at radius 3 is 1.81 bits per heavy atom. The fourth-order valence-electron chi connectivity index (χ4n) is 5.76. The van der Waals surface area contributed by atoms with Crippen LogP contribution in [-0.2, 0) is 18.0 Å². The zero-order valence-corrected chi connectivity index (χ0v) is 32.4. The first-order chi connectivity index (χ1) is 27.1. The highest BCUT2D eigenvalue weighted by Crippen LogP contribution is 2.36. The first-order valence-corrected chi connectivity index (χ1v) is 18.1. The van der Waals surface area contributed by atoms with Crippen molar-refractivity contribution in [1.82, 2.24) is 4.57 Å². The van der Waals surface area contributed by atoms with Crippen molar-refractivity contribution in [1.29, 1.82) is 0 Å². The number of rotatable bonds is 13. The summed E-state index contributed by atoms with van der Waals surface area (Å²) in [4.78, 5) is 34.9. The Hall–Kier alpha value is -5.91. The molecule has 0 unspecified atom stereocenters. The van der Waals surface area contributed by atoms with Crippen LogP contribution in [0.3, 0.4) is 0 Å². The van der Waals surface area contributed by atoms with Crippen molar-refractivity contribution in [3.8, 4) is 28.4 Å². The number of aromatic carboxylic acids is 1. The first-order valence-electron chi connectivity index (χ1n) is 17.4. The van der Waals surface area contributed by atoms with E-state index >= 15 is 0 Å². The van der Waals surface area contributed by atoms with Crippen LogP contribution in [0, 0.1) is 37.1 Å². The molecule has 7 nitrogen and oxygen atoms in total. The summed E-state index contributed by atoms with van der Waals surface area (Å²) >= 11 is 12.2. The van der Waals surface area contributed by atoms with Gasteiger partial charge in [0.15, 0.2) is 5.78 Å². The summed E-state index contributed by atoms with van der Waals surface area (Å²) in [5, 5.41) is 10.4. The predicted octanol–water partition coefficient (Wildman–Crippen LogP) is 11.7. The Balaban J connectivity index is 0.000000230. The molecule has 0 aliphatic carbocycles. The van der Waals surface area contributed by atoms with Gasteiger partial charge < -0.3 is 23.9 Å². The van der Waals surface area contributed by atoms with Crippen LogP contribution in [0.5, 0.6) is 11.5 Å². The summed E-state index contributed by atoms with van der Waals surface area (Å²) < 4.78 is 67.1. The van der Waals surface area contributed by atoms with Crippen LogP contribution in [0.4, 0.5) is 17.6 Å². The second-order valence-electron chi connectivity index (χ2n) is 13.0. The van der Waals surface area contributed by atoms with E-state index in [-0.39, 0.29) is 65.6 Å². The Bertz CT molecular complexity index is 2470. The minimum absolute atomic E-state index is 0.0386. The van der Waals surface area contributed by atoms with Crippen molar-refractivity contribution in [2.75, 3.05) is 0 Å². The minimum atomic E-state index is -1.01. The molecule has 0 radical (unpaired) electrons. The molecule has 0 amide bonds. The van der Waals surface area contributed by atoms with E-state index in [4.69, 9.17) is 32.7 Å². The molecular weight excluding hydrogens is 785 g/mol. The summed E-state index contributed by atoms with van der Waals surface area (Å²) in [6.45, 7) is 4.78. The van der Waals surface area contributed by atoms with Gasteiger partial charge in [-0.2, -0.15) is 0 Å². The maximum Gasteiger partial charge on any atom is 0.336 e. The molecule has 5 aromatic carbocycles. The molecule has 57 heavy (non-hydrogen) atoms. The van der Waals surface area contributed by atoms with Gasteiger partial charge in [-0.1, -0.05) is 29.3 Å². The number of nitrogens with zero attached hydrogens (tertiary/aromatic N) is 1. The molecule has 0 saturated heterocycles. The van der Waals surface area contributed by atoms with Gasteiger partial charge in [-0.3, -0.25) is 4.79 Å². The maximum atomic E-state index is 14.1. The summed E-state index contributed by atoms with van der Waals surface area (Å²) in [6.07, 6.45) is 0.161. The number of aryl methyl sites for hydroxylation is 2. The van der Waals surface area contributed by atoms with E-state index in [1.807, 2.05) is 29.7 Å². The first kappa shape index (κ1) is 42.2. The summed E-state index contributed by atoms with van der Waals surface area (Å²) in [5.74, 6) is -3.46. The van der Waals surface area contributed by atoms with E-state index in [1.165, 1.54) is 37.3 Å². The van der Waals surface area contributed by atoms with Crippen molar-refractivity contribution < 1.29 is 46.5 Å². The monoisotopic (exact) mass is 819 g/mol. The number of hydrogen-bond donors (Lipinski definition) is 1. The lowest BCUT2D eigenvalue weighted by Gasteiger charge is -2.17. The predicted molar refractivity (Wildman–Crippen MR) is 210 cm³/mol. The van der Waals surface area contributed by atoms with E-state index in [0.717, 1.165) is 29.6 Å².